The zero-order valence-corrected chi connectivity index (χ0v) is 20.2. The fraction of sp³-hybridized carbons (Fsp3) is 0.286. The normalized spacial score (nSPS) is 12.8. The van der Waals surface area contributed by atoms with Crippen LogP contribution in [0.5, 0.6) is 11.5 Å². The van der Waals surface area contributed by atoms with Crippen LogP contribution in [0.4, 0.5) is 11.4 Å². The largest absolute Gasteiger partial charge is 0.497 e. The number of rotatable bonds is 9. The van der Waals surface area contributed by atoms with Crippen LogP contribution in [0.2, 0.25) is 0 Å². The van der Waals surface area contributed by atoms with Crippen molar-refractivity contribution >= 4 is 23.2 Å². The molecule has 7 heteroatoms. The monoisotopic (exact) mass is 473 g/mol. The number of nitrogens with zero attached hydrogens (tertiary/aromatic N) is 1. The van der Waals surface area contributed by atoms with Gasteiger partial charge < -0.3 is 25.0 Å². The summed E-state index contributed by atoms with van der Waals surface area (Å²) in [5.74, 6) is 0.534. The predicted octanol–water partition coefficient (Wildman–Crippen LogP) is 4.53. The Labute approximate surface area is 206 Å². The lowest BCUT2D eigenvalue weighted by Crippen LogP contribution is -2.29. The van der Waals surface area contributed by atoms with Gasteiger partial charge in [0.1, 0.15) is 11.5 Å². The van der Waals surface area contributed by atoms with Crippen LogP contribution in [-0.2, 0) is 6.42 Å². The van der Waals surface area contributed by atoms with E-state index in [4.69, 9.17) is 9.47 Å². The Kier molecular flexibility index (Phi) is 7.88. The zero-order valence-electron chi connectivity index (χ0n) is 20.2. The lowest BCUT2D eigenvalue weighted by Gasteiger charge is -2.22. The van der Waals surface area contributed by atoms with Crippen molar-refractivity contribution in [3.63, 3.8) is 0 Å². The van der Waals surface area contributed by atoms with E-state index in [1.165, 1.54) is 12.7 Å². The van der Waals surface area contributed by atoms with Gasteiger partial charge in [0.05, 0.1) is 25.3 Å². The molecule has 0 bridgehead atoms. The van der Waals surface area contributed by atoms with Crippen molar-refractivity contribution in [2.24, 2.45) is 0 Å². The van der Waals surface area contributed by atoms with Gasteiger partial charge in [0, 0.05) is 37.1 Å². The second-order valence-corrected chi connectivity index (χ2v) is 8.44. The highest BCUT2D eigenvalue weighted by atomic mass is 16.5. The predicted molar refractivity (Wildman–Crippen MR) is 138 cm³/mol. The van der Waals surface area contributed by atoms with Crippen LogP contribution in [0.15, 0.2) is 66.7 Å². The summed E-state index contributed by atoms with van der Waals surface area (Å²) < 4.78 is 10.6. The van der Waals surface area contributed by atoms with Crippen molar-refractivity contribution in [1.29, 1.82) is 0 Å². The van der Waals surface area contributed by atoms with Crippen LogP contribution in [0.3, 0.4) is 0 Å². The number of benzene rings is 3. The van der Waals surface area contributed by atoms with Gasteiger partial charge in [-0.05, 0) is 55.2 Å². The van der Waals surface area contributed by atoms with Gasteiger partial charge in [0.25, 0.3) is 11.8 Å². The van der Waals surface area contributed by atoms with Gasteiger partial charge in [0.15, 0.2) is 0 Å². The summed E-state index contributed by atoms with van der Waals surface area (Å²) in [4.78, 5) is 28.4. The van der Waals surface area contributed by atoms with Crippen LogP contribution in [0.1, 0.15) is 39.1 Å². The minimum absolute atomic E-state index is 0.152. The summed E-state index contributed by atoms with van der Waals surface area (Å²) in [6.45, 7) is 2.36. The number of amides is 2. The zero-order chi connectivity index (χ0) is 24.6. The Morgan fingerprint density at radius 1 is 0.857 bits per heavy atom. The third-order valence-electron chi connectivity index (χ3n) is 6.14. The van der Waals surface area contributed by atoms with Crippen molar-refractivity contribution in [2.75, 3.05) is 44.1 Å². The standard InChI is InChI=1S/C28H31N3O4/c1-34-22-11-12-23(26(19-22)35-2)28(33)30-21-10-13-25(31-16-6-7-17-31)24(18-21)27(32)29-15-14-20-8-4-3-5-9-20/h3-5,8-13,18-19H,6-7,14-17H2,1-2H3,(H,29,32)(H,30,33). The Bertz CT molecular complexity index is 1170. The first kappa shape index (κ1) is 24.1. The molecule has 7 nitrogen and oxygen atoms in total. The molecule has 0 spiro atoms. The average molecular weight is 474 g/mol. The number of carbonyl (C=O) groups is 2. The maximum atomic E-state index is 13.2. The third-order valence-corrected chi connectivity index (χ3v) is 6.14. The molecule has 2 N–H and O–H groups in total. The number of anilines is 2. The molecule has 0 atom stereocenters. The summed E-state index contributed by atoms with van der Waals surface area (Å²) >= 11 is 0. The molecule has 3 aromatic rings. The minimum atomic E-state index is -0.325. The van der Waals surface area contributed by atoms with E-state index in [0.717, 1.165) is 38.0 Å². The summed E-state index contributed by atoms with van der Waals surface area (Å²) in [7, 11) is 3.07. The van der Waals surface area contributed by atoms with E-state index in [1.54, 1.807) is 31.4 Å². The van der Waals surface area contributed by atoms with Gasteiger partial charge in [0.2, 0.25) is 0 Å². The van der Waals surface area contributed by atoms with E-state index in [-0.39, 0.29) is 11.8 Å². The maximum absolute atomic E-state index is 13.2. The average Bonchev–Trinajstić information content (AvgIpc) is 3.43. The summed E-state index contributed by atoms with van der Waals surface area (Å²) in [5, 5.41) is 5.95. The van der Waals surface area contributed by atoms with Crippen LogP contribution < -0.4 is 25.0 Å². The van der Waals surface area contributed by atoms with Crippen LogP contribution in [0, 0.1) is 0 Å². The number of hydrogen-bond acceptors (Lipinski definition) is 5. The number of nitrogens with one attached hydrogen (secondary N) is 2. The first-order valence-electron chi connectivity index (χ1n) is 11.8. The first-order valence-corrected chi connectivity index (χ1v) is 11.8. The molecular weight excluding hydrogens is 442 g/mol. The second kappa shape index (κ2) is 11.4. The Balaban J connectivity index is 1.53. The molecule has 35 heavy (non-hydrogen) atoms. The molecule has 0 aliphatic carbocycles. The van der Waals surface area contributed by atoms with E-state index in [1.807, 2.05) is 42.5 Å². The molecule has 1 aliphatic heterocycles. The Morgan fingerprint density at radius 3 is 2.34 bits per heavy atom. The van der Waals surface area contributed by atoms with E-state index < -0.39 is 0 Å². The molecule has 0 saturated carbocycles. The van der Waals surface area contributed by atoms with E-state index >= 15 is 0 Å². The maximum Gasteiger partial charge on any atom is 0.259 e. The third kappa shape index (κ3) is 5.93. The first-order chi connectivity index (χ1) is 17.1. The van der Waals surface area contributed by atoms with Gasteiger partial charge >= 0.3 is 0 Å². The summed E-state index contributed by atoms with van der Waals surface area (Å²) in [5.41, 5.74) is 3.54. The van der Waals surface area contributed by atoms with Crippen molar-refractivity contribution in [3.8, 4) is 11.5 Å². The smallest absolute Gasteiger partial charge is 0.259 e. The molecule has 0 unspecified atom stereocenters. The number of hydrogen-bond donors (Lipinski definition) is 2. The minimum Gasteiger partial charge on any atom is -0.497 e. The molecule has 1 aliphatic rings. The van der Waals surface area contributed by atoms with Gasteiger partial charge in [-0.15, -0.1) is 0 Å². The van der Waals surface area contributed by atoms with Crippen LogP contribution in [0.25, 0.3) is 0 Å². The van der Waals surface area contributed by atoms with Crippen LogP contribution >= 0.6 is 0 Å². The molecule has 0 aromatic heterocycles. The van der Waals surface area contributed by atoms with E-state index in [2.05, 4.69) is 15.5 Å². The quantitative estimate of drug-likeness (QED) is 0.477. The molecule has 1 heterocycles. The Hall–Kier alpha value is -4.00. The topological polar surface area (TPSA) is 79.9 Å². The molecule has 182 valence electrons. The number of methoxy groups -OCH3 is 2. The molecule has 1 fully saturated rings. The van der Waals surface area contributed by atoms with Crippen LogP contribution in [-0.4, -0.2) is 45.7 Å². The summed E-state index contributed by atoms with van der Waals surface area (Å²) in [6.07, 6.45) is 2.95. The lowest BCUT2D eigenvalue weighted by molar-refractivity contribution is 0.0953. The SMILES string of the molecule is COc1ccc(C(=O)Nc2ccc(N3CCCC3)c(C(=O)NCCc3ccccc3)c2)c(OC)c1. The van der Waals surface area contributed by atoms with Crippen molar-refractivity contribution < 1.29 is 19.1 Å². The molecule has 1 saturated heterocycles. The lowest BCUT2D eigenvalue weighted by atomic mass is 10.1. The van der Waals surface area contributed by atoms with E-state index in [0.29, 0.717) is 34.9 Å². The fourth-order valence-corrected chi connectivity index (χ4v) is 4.27. The fourth-order valence-electron chi connectivity index (χ4n) is 4.27. The highest BCUT2D eigenvalue weighted by molar-refractivity contribution is 6.08. The van der Waals surface area contributed by atoms with Crippen molar-refractivity contribution in [1.82, 2.24) is 5.32 Å². The van der Waals surface area contributed by atoms with E-state index in [9.17, 15) is 9.59 Å². The summed E-state index contributed by atoms with van der Waals surface area (Å²) in [6, 6.07) is 20.6. The number of ether oxygens (including phenoxy) is 2. The van der Waals surface area contributed by atoms with Gasteiger partial charge in [-0.1, -0.05) is 30.3 Å². The van der Waals surface area contributed by atoms with Gasteiger partial charge in [-0.3, -0.25) is 9.59 Å². The van der Waals surface area contributed by atoms with Gasteiger partial charge in [-0.2, -0.15) is 0 Å². The molecule has 4 rings (SSSR count). The second-order valence-electron chi connectivity index (χ2n) is 8.44. The molecule has 0 radical (unpaired) electrons. The highest BCUT2D eigenvalue weighted by Gasteiger charge is 2.21. The van der Waals surface area contributed by atoms with Gasteiger partial charge in [-0.25, -0.2) is 0 Å². The van der Waals surface area contributed by atoms with Crippen molar-refractivity contribution in [2.45, 2.75) is 19.3 Å². The number of carbonyl (C=O) groups excluding carboxylic acids is 2. The van der Waals surface area contributed by atoms with Crippen molar-refractivity contribution in [3.05, 3.63) is 83.4 Å². The molecule has 2 amide bonds. The molecular formula is C28H31N3O4. The molecule has 3 aromatic carbocycles. The highest BCUT2D eigenvalue weighted by Crippen LogP contribution is 2.29. The Morgan fingerprint density at radius 2 is 1.63 bits per heavy atom.